The lowest BCUT2D eigenvalue weighted by Gasteiger charge is -2.38. The van der Waals surface area contributed by atoms with Gasteiger partial charge in [-0.2, -0.15) is 0 Å². The fraction of sp³-hybridized carbons (Fsp3) is 0.292. The number of aromatic nitrogens is 1. The van der Waals surface area contributed by atoms with Crippen molar-refractivity contribution in [2.45, 2.75) is 12.6 Å². The Kier molecular flexibility index (Phi) is 6.11. The Labute approximate surface area is 187 Å². The zero-order valence-electron chi connectivity index (χ0n) is 18.6. The summed E-state index contributed by atoms with van der Waals surface area (Å²) in [6.45, 7) is 1.22. The van der Waals surface area contributed by atoms with Crippen molar-refractivity contribution >= 4 is 11.7 Å². The van der Waals surface area contributed by atoms with E-state index in [1.165, 1.54) is 0 Å². The summed E-state index contributed by atoms with van der Waals surface area (Å²) in [4.78, 5) is 15.3. The average molecular weight is 437 g/mol. The molecule has 0 bridgehead atoms. The Hall–Kier alpha value is -3.81. The molecule has 0 saturated heterocycles. The van der Waals surface area contributed by atoms with Crippen molar-refractivity contribution in [2.75, 3.05) is 40.3 Å². The summed E-state index contributed by atoms with van der Waals surface area (Å²) in [5.41, 5.74) is 2.42. The maximum atomic E-state index is 13.5. The number of anilines is 1. The molecule has 0 spiro atoms. The minimum atomic E-state index is -0.354. The van der Waals surface area contributed by atoms with Crippen LogP contribution in [0.25, 0.3) is 0 Å². The van der Waals surface area contributed by atoms with Crippen LogP contribution in [0.15, 0.2) is 54.7 Å². The van der Waals surface area contributed by atoms with Crippen LogP contribution in [-0.4, -0.2) is 50.5 Å². The van der Waals surface area contributed by atoms with Gasteiger partial charge < -0.3 is 33.7 Å². The van der Waals surface area contributed by atoms with Crippen molar-refractivity contribution in [3.8, 4) is 23.0 Å². The van der Waals surface area contributed by atoms with E-state index in [0.717, 1.165) is 11.3 Å². The van der Waals surface area contributed by atoms with E-state index in [4.69, 9.17) is 18.9 Å². The summed E-state index contributed by atoms with van der Waals surface area (Å²) in [7, 11) is 6.39. The van der Waals surface area contributed by atoms with E-state index in [9.17, 15) is 4.79 Å². The van der Waals surface area contributed by atoms with E-state index in [1.54, 1.807) is 51.5 Å². The molecule has 2 aromatic carbocycles. The van der Waals surface area contributed by atoms with Gasteiger partial charge in [-0.1, -0.05) is 0 Å². The molecule has 1 aliphatic rings. The number of carbonyl (C=O) groups excluding carboxylic acids is 1. The van der Waals surface area contributed by atoms with Gasteiger partial charge in [0.1, 0.15) is 29.0 Å². The van der Waals surface area contributed by atoms with Crippen LogP contribution in [0.5, 0.6) is 23.0 Å². The number of methoxy groups -OCH3 is 4. The SMILES string of the molecule is COc1ccc(NC(=O)N2CCn3cccc3[C@H]2c2cc(OC)ccc2OC)c(OC)c1. The van der Waals surface area contributed by atoms with Crippen LogP contribution < -0.4 is 24.3 Å². The van der Waals surface area contributed by atoms with Crippen molar-refractivity contribution in [3.63, 3.8) is 0 Å². The molecular weight excluding hydrogens is 410 g/mol. The van der Waals surface area contributed by atoms with Crippen molar-refractivity contribution in [1.29, 1.82) is 0 Å². The van der Waals surface area contributed by atoms with Crippen LogP contribution in [0.3, 0.4) is 0 Å². The minimum Gasteiger partial charge on any atom is -0.497 e. The molecule has 8 heteroatoms. The molecule has 0 fully saturated rings. The van der Waals surface area contributed by atoms with Gasteiger partial charge in [-0.25, -0.2) is 4.79 Å². The fourth-order valence-electron chi connectivity index (χ4n) is 4.07. The third-order valence-corrected chi connectivity index (χ3v) is 5.68. The molecular formula is C24H27N3O5. The maximum absolute atomic E-state index is 13.5. The number of urea groups is 1. The van der Waals surface area contributed by atoms with Gasteiger partial charge in [-0.3, -0.25) is 0 Å². The number of ether oxygens (including phenoxy) is 4. The number of amides is 2. The number of carbonyl (C=O) groups is 1. The average Bonchev–Trinajstić information content (AvgIpc) is 3.32. The summed E-state index contributed by atoms with van der Waals surface area (Å²) in [5.74, 6) is 2.55. The highest BCUT2D eigenvalue weighted by molar-refractivity contribution is 5.92. The Morgan fingerprint density at radius 1 is 0.875 bits per heavy atom. The van der Waals surface area contributed by atoms with Gasteiger partial charge in [0.2, 0.25) is 0 Å². The molecule has 0 unspecified atom stereocenters. The second kappa shape index (κ2) is 9.13. The molecule has 3 aromatic rings. The van der Waals surface area contributed by atoms with Gasteiger partial charge in [-0.05, 0) is 42.5 Å². The number of benzene rings is 2. The number of fused-ring (bicyclic) bond motifs is 1. The number of hydrogen-bond donors (Lipinski definition) is 1. The van der Waals surface area contributed by atoms with Crippen LogP contribution in [0.4, 0.5) is 10.5 Å². The minimum absolute atomic E-state index is 0.240. The third kappa shape index (κ3) is 3.91. The maximum Gasteiger partial charge on any atom is 0.322 e. The van der Waals surface area contributed by atoms with Crippen molar-refractivity contribution in [3.05, 3.63) is 66.0 Å². The van der Waals surface area contributed by atoms with Crippen molar-refractivity contribution in [2.24, 2.45) is 0 Å². The van der Waals surface area contributed by atoms with Gasteiger partial charge in [0, 0.05) is 36.6 Å². The molecule has 168 valence electrons. The highest BCUT2D eigenvalue weighted by Crippen LogP contribution is 2.40. The largest absolute Gasteiger partial charge is 0.497 e. The first kappa shape index (κ1) is 21.4. The number of nitrogens with one attached hydrogen (secondary N) is 1. The van der Waals surface area contributed by atoms with Crippen molar-refractivity contribution in [1.82, 2.24) is 9.47 Å². The van der Waals surface area contributed by atoms with Crippen LogP contribution in [0.2, 0.25) is 0 Å². The smallest absolute Gasteiger partial charge is 0.322 e. The number of nitrogens with zero attached hydrogens (tertiary/aromatic N) is 2. The Bertz CT molecular complexity index is 1110. The summed E-state index contributed by atoms with van der Waals surface area (Å²) >= 11 is 0. The standard InChI is InChI=1S/C24H27N3O5/c1-29-16-8-10-21(31-3)18(14-16)23-20-6-5-11-26(20)12-13-27(23)24(28)25-19-9-7-17(30-2)15-22(19)32-4/h5-11,14-15,23H,12-13H2,1-4H3,(H,25,28)/t23-/m1/s1. The monoisotopic (exact) mass is 437 g/mol. The zero-order chi connectivity index (χ0) is 22.7. The summed E-state index contributed by atoms with van der Waals surface area (Å²) in [6, 6.07) is 14.3. The number of rotatable bonds is 6. The molecule has 2 heterocycles. The molecule has 32 heavy (non-hydrogen) atoms. The number of hydrogen-bond acceptors (Lipinski definition) is 5. The predicted octanol–water partition coefficient (Wildman–Crippen LogP) is 4.16. The van der Waals surface area contributed by atoms with Gasteiger partial charge in [0.05, 0.1) is 34.1 Å². The van der Waals surface area contributed by atoms with Gasteiger partial charge in [0.25, 0.3) is 0 Å². The lowest BCUT2D eigenvalue weighted by molar-refractivity contribution is 0.180. The normalized spacial score (nSPS) is 15.0. The summed E-state index contributed by atoms with van der Waals surface area (Å²) < 4.78 is 23.9. The Morgan fingerprint density at radius 2 is 1.59 bits per heavy atom. The first-order chi connectivity index (χ1) is 15.6. The first-order valence-electron chi connectivity index (χ1n) is 10.3. The Morgan fingerprint density at radius 3 is 2.31 bits per heavy atom. The van der Waals surface area contributed by atoms with E-state index < -0.39 is 0 Å². The van der Waals surface area contributed by atoms with Crippen LogP contribution in [0, 0.1) is 0 Å². The molecule has 2 amide bonds. The highest BCUT2D eigenvalue weighted by Gasteiger charge is 2.34. The van der Waals surface area contributed by atoms with Gasteiger partial charge in [-0.15, -0.1) is 0 Å². The van der Waals surface area contributed by atoms with Gasteiger partial charge >= 0.3 is 6.03 Å². The lowest BCUT2D eigenvalue weighted by Crippen LogP contribution is -2.44. The molecule has 1 aromatic heterocycles. The van der Waals surface area contributed by atoms with Gasteiger partial charge in [0.15, 0.2) is 0 Å². The Balaban J connectivity index is 1.73. The van der Waals surface area contributed by atoms with Crippen LogP contribution in [0.1, 0.15) is 17.3 Å². The van der Waals surface area contributed by atoms with Crippen molar-refractivity contribution < 1.29 is 23.7 Å². The molecule has 8 nitrogen and oxygen atoms in total. The van der Waals surface area contributed by atoms with E-state index in [2.05, 4.69) is 9.88 Å². The van der Waals surface area contributed by atoms with E-state index in [0.29, 0.717) is 41.8 Å². The molecule has 0 aliphatic carbocycles. The third-order valence-electron chi connectivity index (χ3n) is 5.68. The molecule has 4 rings (SSSR count). The fourth-order valence-corrected chi connectivity index (χ4v) is 4.07. The molecule has 0 radical (unpaired) electrons. The predicted molar refractivity (Wildman–Crippen MR) is 121 cm³/mol. The van der Waals surface area contributed by atoms with E-state index in [1.807, 2.05) is 36.5 Å². The molecule has 0 saturated carbocycles. The lowest BCUT2D eigenvalue weighted by atomic mass is 9.98. The molecule has 1 aliphatic heterocycles. The summed E-state index contributed by atoms with van der Waals surface area (Å²) in [6.07, 6.45) is 2.02. The van der Waals surface area contributed by atoms with Crippen LogP contribution >= 0.6 is 0 Å². The van der Waals surface area contributed by atoms with E-state index >= 15 is 0 Å². The summed E-state index contributed by atoms with van der Waals surface area (Å²) in [5, 5.41) is 3.00. The molecule has 1 N–H and O–H groups in total. The van der Waals surface area contributed by atoms with Crippen LogP contribution in [-0.2, 0) is 6.54 Å². The second-order valence-corrected chi connectivity index (χ2v) is 7.33. The second-order valence-electron chi connectivity index (χ2n) is 7.33. The highest BCUT2D eigenvalue weighted by atomic mass is 16.5. The van der Waals surface area contributed by atoms with E-state index in [-0.39, 0.29) is 12.1 Å². The zero-order valence-corrected chi connectivity index (χ0v) is 18.6. The molecule has 1 atom stereocenters. The first-order valence-corrected chi connectivity index (χ1v) is 10.3. The topological polar surface area (TPSA) is 74.2 Å². The quantitative estimate of drug-likeness (QED) is 0.627.